The van der Waals surface area contributed by atoms with Gasteiger partial charge in [-0.3, -0.25) is 10.0 Å². The van der Waals surface area contributed by atoms with Crippen LogP contribution in [-0.4, -0.2) is 29.2 Å². The van der Waals surface area contributed by atoms with Crippen molar-refractivity contribution in [2.75, 3.05) is 0 Å². The first-order valence-corrected chi connectivity index (χ1v) is 11.2. The zero-order chi connectivity index (χ0) is 22.7. The molecule has 0 aliphatic carbocycles. The summed E-state index contributed by atoms with van der Waals surface area (Å²) in [5.41, 5.74) is 3.53. The van der Waals surface area contributed by atoms with Crippen molar-refractivity contribution in [3.63, 3.8) is 0 Å². The Morgan fingerprint density at radius 1 is 0.906 bits per heavy atom. The van der Waals surface area contributed by atoms with Crippen molar-refractivity contribution in [3.05, 3.63) is 96.3 Å². The Hall–Kier alpha value is -3.75. The van der Waals surface area contributed by atoms with Gasteiger partial charge in [0.1, 0.15) is 11.5 Å². The highest BCUT2D eigenvalue weighted by atomic mass is 32.2. The fraction of sp³-hybridized carbons (Fsp3) is 0.0833. The average Bonchev–Trinajstić information content (AvgIpc) is 3.21. The zero-order valence-electron chi connectivity index (χ0n) is 17.2. The molecule has 1 heterocycles. The van der Waals surface area contributed by atoms with Gasteiger partial charge in [-0.05, 0) is 30.2 Å². The molecule has 0 fully saturated rings. The molecule has 0 atom stereocenters. The van der Waals surface area contributed by atoms with Crippen LogP contribution in [0.15, 0.2) is 94.3 Å². The van der Waals surface area contributed by atoms with E-state index in [1.54, 1.807) is 49.4 Å². The lowest BCUT2D eigenvalue weighted by molar-refractivity contribution is -0.145. The molecule has 7 nitrogen and oxygen atoms in total. The molecule has 0 saturated carbocycles. The first kappa shape index (κ1) is 21.5. The number of amides is 1. The largest absolute Gasteiger partial charge is 0.360 e. The molecule has 1 amide bonds. The number of nitrogens with zero attached hydrogens (tertiary/aromatic N) is 2. The van der Waals surface area contributed by atoms with Gasteiger partial charge in [-0.15, -0.1) is 4.47 Å². The fourth-order valence-corrected chi connectivity index (χ4v) is 4.38. The van der Waals surface area contributed by atoms with Crippen LogP contribution in [0.3, 0.4) is 0 Å². The van der Waals surface area contributed by atoms with Crippen molar-refractivity contribution in [1.29, 1.82) is 0 Å². The molecule has 0 radical (unpaired) electrons. The SMILES string of the molecule is Cc1onc(-c2ccccc2)c1-c1ccc(S(=O)(=O)N(O)C(=O)Cc2ccccc2)cc1. The van der Waals surface area contributed by atoms with E-state index in [0.29, 0.717) is 22.6 Å². The van der Waals surface area contributed by atoms with Gasteiger partial charge in [0, 0.05) is 5.56 Å². The maximum absolute atomic E-state index is 12.7. The maximum atomic E-state index is 12.7. The second kappa shape index (κ2) is 8.78. The molecular weight excluding hydrogens is 428 g/mol. The highest BCUT2D eigenvalue weighted by Crippen LogP contribution is 2.34. The van der Waals surface area contributed by atoms with E-state index in [4.69, 9.17) is 4.52 Å². The van der Waals surface area contributed by atoms with E-state index in [-0.39, 0.29) is 15.8 Å². The topological polar surface area (TPSA) is 101 Å². The zero-order valence-corrected chi connectivity index (χ0v) is 18.0. The van der Waals surface area contributed by atoms with Crippen molar-refractivity contribution in [2.24, 2.45) is 0 Å². The van der Waals surface area contributed by atoms with Crippen LogP contribution in [0.5, 0.6) is 0 Å². The Morgan fingerprint density at radius 2 is 1.50 bits per heavy atom. The molecule has 1 N–H and O–H groups in total. The second-order valence-corrected chi connectivity index (χ2v) is 8.92. The van der Waals surface area contributed by atoms with Crippen LogP contribution < -0.4 is 0 Å². The number of aromatic nitrogens is 1. The third-order valence-electron chi connectivity index (χ3n) is 4.99. The molecule has 32 heavy (non-hydrogen) atoms. The van der Waals surface area contributed by atoms with Crippen LogP contribution in [0, 0.1) is 6.92 Å². The number of sulfonamides is 1. The molecule has 4 rings (SSSR count). The minimum atomic E-state index is -4.42. The predicted molar refractivity (Wildman–Crippen MR) is 118 cm³/mol. The normalized spacial score (nSPS) is 11.3. The molecule has 4 aromatic rings. The van der Waals surface area contributed by atoms with Gasteiger partial charge in [-0.25, -0.2) is 0 Å². The van der Waals surface area contributed by atoms with Crippen LogP contribution in [0.1, 0.15) is 11.3 Å². The number of carbonyl (C=O) groups is 1. The summed E-state index contributed by atoms with van der Waals surface area (Å²) in [5, 5.41) is 14.3. The van der Waals surface area contributed by atoms with Gasteiger partial charge in [-0.2, -0.15) is 8.42 Å². The van der Waals surface area contributed by atoms with Crippen molar-refractivity contribution in [2.45, 2.75) is 18.2 Å². The van der Waals surface area contributed by atoms with Crippen molar-refractivity contribution >= 4 is 15.9 Å². The number of hydrogen-bond acceptors (Lipinski definition) is 6. The molecule has 3 aromatic carbocycles. The summed E-state index contributed by atoms with van der Waals surface area (Å²) in [6.45, 7) is 1.77. The molecular formula is C24H20N2O5S. The summed E-state index contributed by atoms with van der Waals surface area (Å²) in [4.78, 5) is 12.1. The lowest BCUT2D eigenvalue weighted by Crippen LogP contribution is -2.34. The fourth-order valence-electron chi connectivity index (χ4n) is 3.37. The van der Waals surface area contributed by atoms with E-state index in [9.17, 15) is 18.4 Å². The Labute approximate surface area is 185 Å². The number of hydrogen-bond donors (Lipinski definition) is 1. The first-order valence-electron chi connectivity index (χ1n) is 9.81. The monoisotopic (exact) mass is 448 g/mol. The van der Waals surface area contributed by atoms with Gasteiger partial charge >= 0.3 is 0 Å². The first-order chi connectivity index (χ1) is 15.4. The van der Waals surface area contributed by atoms with Crippen LogP contribution >= 0.6 is 0 Å². The standard InChI is InChI=1S/C24H20N2O5S/c1-17-23(24(25-31-17)20-10-6-3-7-11-20)19-12-14-21(15-13-19)32(29,30)26(28)22(27)16-18-8-4-2-5-9-18/h2-15,28H,16H2,1H3. The molecule has 0 bridgehead atoms. The van der Waals surface area contributed by atoms with E-state index < -0.39 is 15.9 Å². The molecule has 162 valence electrons. The van der Waals surface area contributed by atoms with E-state index >= 15 is 0 Å². The number of hydroxylamine groups is 1. The summed E-state index contributed by atoms with van der Waals surface area (Å²) >= 11 is 0. The highest BCUT2D eigenvalue weighted by molar-refractivity contribution is 7.89. The van der Waals surface area contributed by atoms with Crippen molar-refractivity contribution < 1.29 is 22.9 Å². The molecule has 0 aliphatic rings. The highest BCUT2D eigenvalue weighted by Gasteiger charge is 2.28. The predicted octanol–water partition coefficient (Wildman–Crippen LogP) is 4.47. The molecule has 0 spiro atoms. The van der Waals surface area contributed by atoms with Gasteiger partial charge in [0.25, 0.3) is 15.9 Å². The minimum absolute atomic E-state index is 0.199. The summed E-state index contributed by atoms with van der Waals surface area (Å²) in [5.74, 6) is -0.359. The lowest BCUT2D eigenvalue weighted by atomic mass is 10.00. The number of benzene rings is 3. The Morgan fingerprint density at radius 3 is 2.12 bits per heavy atom. The van der Waals surface area contributed by atoms with Gasteiger partial charge in [-0.1, -0.05) is 78.0 Å². The summed E-state index contributed by atoms with van der Waals surface area (Å²) in [6.07, 6.45) is -0.241. The van der Waals surface area contributed by atoms with E-state index in [0.717, 1.165) is 11.1 Å². The van der Waals surface area contributed by atoms with Crippen molar-refractivity contribution in [3.8, 4) is 22.4 Å². The lowest BCUT2D eigenvalue weighted by Gasteiger charge is -2.15. The number of aryl methyl sites for hydroxylation is 1. The smallest absolute Gasteiger partial charge is 0.289 e. The van der Waals surface area contributed by atoms with E-state index in [2.05, 4.69) is 5.16 Å². The molecule has 1 aromatic heterocycles. The van der Waals surface area contributed by atoms with Gasteiger partial charge in [0.15, 0.2) is 0 Å². The molecule has 0 aliphatic heterocycles. The number of rotatable bonds is 6. The summed E-state index contributed by atoms with van der Waals surface area (Å²) in [7, 11) is -4.42. The van der Waals surface area contributed by atoms with Gasteiger partial charge in [0.05, 0.1) is 16.9 Å². The quantitative estimate of drug-likeness (QED) is 0.345. The van der Waals surface area contributed by atoms with Gasteiger partial charge < -0.3 is 4.52 Å². The van der Waals surface area contributed by atoms with Crippen LogP contribution in [0.2, 0.25) is 0 Å². The van der Waals surface area contributed by atoms with E-state index in [1.165, 1.54) is 12.1 Å². The van der Waals surface area contributed by atoms with Crippen LogP contribution in [-0.2, 0) is 21.2 Å². The van der Waals surface area contributed by atoms with Crippen LogP contribution in [0.25, 0.3) is 22.4 Å². The maximum Gasteiger partial charge on any atom is 0.289 e. The summed E-state index contributed by atoms with van der Waals surface area (Å²) < 4.78 is 30.7. The van der Waals surface area contributed by atoms with Crippen molar-refractivity contribution in [1.82, 2.24) is 9.63 Å². The molecule has 0 unspecified atom stereocenters. The Balaban J connectivity index is 1.60. The molecule has 0 saturated heterocycles. The second-order valence-electron chi connectivity index (χ2n) is 7.16. The van der Waals surface area contributed by atoms with Crippen LogP contribution in [0.4, 0.5) is 0 Å². The Bertz CT molecular complexity index is 1330. The molecule has 8 heteroatoms. The third-order valence-corrected chi connectivity index (χ3v) is 6.52. The average molecular weight is 449 g/mol. The Kier molecular flexibility index (Phi) is 5.89. The summed E-state index contributed by atoms with van der Waals surface area (Å²) in [6, 6.07) is 23.9. The van der Waals surface area contributed by atoms with Gasteiger partial charge in [0.2, 0.25) is 0 Å². The third kappa shape index (κ3) is 4.18. The van der Waals surface area contributed by atoms with E-state index in [1.807, 2.05) is 30.3 Å². The number of carbonyl (C=O) groups excluding carboxylic acids is 1. The minimum Gasteiger partial charge on any atom is -0.360 e.